The highest BCUT2D eigenvalue weighted by molar-refractivity contribution is 6.30. The Bertz CT molecular complexity index is 1220. The minimum atomic E-state index is -0.710. The van der Waals surface area contributed by atoms with Gasteiger partial charge in [0, 0.05) is 41.7 Å². The van der Waals surface area contributed by atoms with E-state index in [9.17, 15) is 4.79 Å². The molecule has 0 radical (unpaired) electrons. The maximum absolute atomic E-state index is 15.1. The number of rotatable bonds is 5. The zero-order chi connectivity index (χ0) is 31.4. The number of hydrogen-bond acceptors (Lipinski definition) is 5. The Morgan fingerprint density at radius 2 is 1.65 bits per heavy atom. The second-order valence-corrected chi connectivity index (χ2v) is 16.7. The van der Waals surface area contributed by atoms with Crippen LogP contribution >= 0.6 is 11.6 Å². The molecule has 3 atom stereocenters. The van der Waals surface area contributed by atoms with Gasteiger partial charge in [0.1, 0.15) is 12.6 Å². The molecular formula is C35H53ClN4O3. The van der Waals surface area contributed by atoms with Crippen molar-refractivity contribution < 1.29 is 14.3 Å². The summed E-state index contributed by atoms with van der Waals surface area (Å²) in [4.78, 5) is 40.7. The summed E-state index contributed by atoms with van der Waals surface area (Å²) in [6.45, 7) is 20.5. The van der Waals surface area contributed by atoms with E-state index in [1.54, 1.807) is 0 Å². The van der Waals surface area contributed by atoms with Gasteiger partial charge in [-0.15, -0.1) is 0 Å². The molecule has 5 rings (SSSR count). The van der Waals surface area contributed by atoms with E-state index in [-0.39, 0.29) is 35.5 Å². The third-order valence-corrected chi connectivity index (χ3v) is 10.7. The van der Waals surface area contributed by atoms with Crippen LogP contribution in [-0.2, 0) is 19.7 Å². The topological polar surface area (TPSA) is 65.5 Å². The molecule has 1 aromatic rings. The molecule has 4 aliphatic rings. The van der Waals surface area contributed by atoms with E-state index in [2.05, 4.69) is 44.4 Å². The molecule has 0 N–H and O–H groups in total. The van der Waals surface area contributed by atoms with Crippen LogP contribution in [0.2, 0.25) is 5.02 Å². The molecule has 8 heteroatoms. The lowest BCUT2D eigenvalue weighted by molar-refractivity contribution is -0.147. The number of ether oxygens (including phenoxy) is 1. The highest BCUT2D eigenvalue weighted by Gasteiger charge is 2.55. The van der Waals surface area contributed by atoms with E-state index in [0.29, 0.717) is 49.0 Å². The van der Waals surface area contributed by atoms with E-state index in [1.807, 2.05) is 49.9 Å². The fourth-order valence-corrected chi connectivity index (χ4v) is 7.79. The predicted octanol–water partition coefficient (Wildman–Crippen LogP) is 6.32. The summed E-state index contributed by atoms with van der Waals surface area (Å²) in [6, 6.07) is 7.67. The number of carbonyl (C=O) groups is 2. The van der Waals surface area contributed by atoms with Gasteiger partial charge in [-0.05, 0) is 82.4 Å². The summed E-state index contributed by atoms with van der Waals surface area (Å²) in [5.41, 5.74) is 0.0150. The van der Waals surface area contributed by atoms with Crippen molar-refractivity contribution in [3.8, 4) is 0 Å². The third kappa shape index (κ3) is 6.49. The van der Waals surface area contributed by atoms with Crippen LogP contribution in [0, 0.1) is 10.8 Å². The molecule has 43 heavy (non-hydrogen) atoms. The summed E-state index contributed by atoms with van der Waals surface area (Å²) < 4.78 is 6.06. The lowest BCUT2D eigenvalue weighted by Gasteiger charge is -2.45. The van der Waals surface area contributed by atoms with Crippen molar-refractivity contribution in [2.45, 2.75) is 123 Å². The first-order valence-corrected chi connectivity index (χ1v) is 16.7. The summed E-state index contributed by atoms with van der Waals surface area (Å²) in [6.07, 6.45) is 5.58. The van der Waals surface area contributed by atoms with E-state index < -0.39 is 10.8 Å². The van der Waals surface area contributed by atoms with Gasteiger partial charge in [0.15, 0.2) is 0 Å². The van der Waals surface area contributed by atoms with Crippen LogP contribution in [0.25, 0.3) is 0 Å². The molecule has 3 aliphatic heterocycles. The molecule has 0 unspecified atom stereocenters. The van der Waals surface area contributed by atoms with Gasteiger partial charge in [0.25, 0.3) is 0 Å². The lowest BCUT2D eigenvalue weighted by Crippen LogP contribution is -2.55. The van der Waals surface area contributed by atoms with Crippen LogP contribution in [0.4, 0.5) is 0 Å². The van der Waals surface area contributed by atoms with Crippen molar-refractivity contribution in [1.82, 2.24) is 14.7 Å². The Kier molecular flexibility index (Phi) is 8.76. The number of amides is 2. The van der Waals surface area contributed by atoms with Gasteiger partial charge in [-0.2, -0.15) is 0 Å². The maximum atomic E-state index is 15.1. The Labute approximate surface area is 264 Å². The highest BCUT2D eigenvalue weighted by Crippen LogP contribution is 2.44. The van der Waals surface area contributed by atoms with Gasteiger partial charge in [0.2, 0.25) is 17.7 Å². The number of carbonyl (C=O) groups excluding carboxylic acids is 2. The van der Waals surface area contributed by atoms with Crippen molar-refractivity contribution >= 4 is 29.3 Å². The Hall–Kier alpha value is -2.12. The quantitative estimate of drug-likeness (QED) is 0.390. The summed E-state index contributed by atoms with van der Waals surface area (Å²) in [5, 5.41) is 0.664. The number of nitrogens with zero attached hydrogens (tertiary/aromatic N) is 4. The standard InChI is InChI=1S/C35H53ClN4O3/c1-32(2,3)30(41)40(26-13-15-34(7,8)16-14-26)27-21-28(29-37-18-20-43-29)39(22-27)31(42)35(24-9-11-25(36)12-10-24)17-19-38(23-35)33(4,5)6/h9-12,26-28H,13-23H2,1-8H3/t27-,28-,35+/m0/s1. The van der Waals surface area contributed by atoms with Crippen molar-refractivity contribution in [1.29, 1.82) is 0 Å². The average molecular weight is 613 g/mol. The van der Waals surface area contributed by atoms with Gasteiger partial charge in [-0.1, -0.05) is 58.4 Å². The molecule has 2 amide bonds. The van der Waals surface area contributed by atoms with Gasteiger partial charge < -0.3 is 14.5 Å². The fraction of sp³-hybridized carbons (Fsp3) is 0.743. The van der Waals surface area contributed by atoms with E-state index in [0.717, 1.165) is 44.2 Å². The number of likely N-dealkylation sites (tertiary alicyclic amines) is 2. The lowest BCUT2D eigenvalue weighted by atomic mass is 9.74. The highest BCUT2D eigenvalue weighted by atomic mass is 35.5. The van der Waals surface area contributed by atoms with Crippen LogP contribution < -0.4 is 0 Å². The molecule has 2 saturated heterocycles. The van der Waals surface area contributed by atoms with Crippen molar-refractivity contribution in [3.63, 3.8) is 0 Å². The van der Waals surface area contributed by atoms with Crippen LogP contribution in [0.5, 0.6) is 0 Å². The SMILES string of the molecule is CC1(C)CCC(N(C(=O)C(C)(C)C)[C@H]2C[C@@H](C3=NCCO3)N(C(=O)[C@]3(c4ccc(Cl)cc4)CCN(C(C)(C)C)C3)C2)CC1. The van der Waals surface area contributed by atoms with E-state index >= 15 is 4.79 Å². The second-order valence-electron chi connectivity index (χ2n) is 16.2. The Balaban J connectivity index is 1.52. The summed E-state index contributed by atoms with van der Waals surface area (Å²) in [5.74, 6) is 0.942. The monoisotopic (exact) mass is 612 g/mol. The minimum absolute atomic E-state index is 0.0647. The second kappa shape index (κ2) is 11.7. The van der Waals surface area contributed by atoms with Gasteiger partial charge in [-0.25, -0.2) is 0 Å². The normalized spacial score (nSPS) is 28.6. The van der Waals surface area contributed by atoms with Crippen molar-refractivity contribution in [2.24, 2.45) is 15.8 Å². The number of halogens is 1. The summed E-state index contributed by atoms with van der Waals surface area (Å²) in [7, 11) is 0. The van der Waals surface area contributed by atoms with E-state index in [4.69, 9.17) is 21.3 Å². The smallest absolute Gasteiger partial charge is 0.235 e. The molecular weight excluding hydrogens is 560 g/mol. The summed E-state index contributed by atoms with van der Waals surface area (Å²) >= 11 is 6.32. The number of aliphatic imine (C=N–C) groups is 1. The Morgan fingerprint density at radius 3 is 2.19 bits per heavy atom. The van der Waals surface area contributed by atoms with Crippen molar-refractivity contribution in [2.75, 3.05) is 32.8 Å². The Morgan fingerprint density at radius 1 is 1.00 bits per heavy atom. The first-order chi connectivity index (χ1) is 20.0. The molecule has 1 aromatic carbocycles. The third-order valence-electron chi connectivity index (χ3n) is 10.4. The molecule has 3 heterocycles. The van der Waals surface area contributed by atoms with Crippen LogP contribution in [0.3, 0.4) is 0 Å². The molecule has 0 spiro atoms. The number of hydrogen-bond donors (Lipinski definition) is 0. The average Bonchev–Trinajstić information content (AvgIpc) is 3.69. The zero-order valence-electron chi connectivity index (χ0n) is 27.7. The largest absolute Gasteiger partial charge is 0.478 e. The molecule has 3 fully saturated rings. The van der Waals surface area contributed by atoms with Crippen LogP contribution in [0.1, 0.15) is 99.5 Å². The van der Waals surface area contributed by atoms with E-state index in [1.165, 1.54) is 0 Å². The first-order valence-electron chi connectivity index (χ1n) is 16.3. The molecule has 1 aliphatic carbocycles. The van der Waals surface area contributed by atoms with Gasteiger partial charge in [-0.3, -0.25) is 19.5 Å². The number of benzene rings is 1. The fourth-order valence-electron chi connectivity index (χ4n) is 7.67. The van der Waals surface area contributed by atoms with Crippen LogP contribution in [0.15, 0.2) is 29.3 Å². The van der Waals surface area contributed by atoms with Crippen molar-refractivity contribution in [3.05, 3.63) is 34.9 Å². The maximum Gasteiger partial charge on any atom is 0.235 e. The van der Waals surface area contributed by atoms with Crippen LogP contribution in [-0.4, -0.2) is 88.9 Å². The molecule has 0 aromatic heterocycles. The minimum Gasteiger partial charge on any atom is -0.478 e. The molecule has 1 saturated carbocycles. The molecule has 0 bridgehead atoms. The zero-order valence-corrected chi connectivity index (χ0v) is 28.5. The van der Waals surface area contributed by atoms with Gasteiger partial charge >= 0.3 is 0 Å². The predicted molar refractivity (Wildman–Crippen MR) is 174 cm³/mol. The first kappa shape index (κ1) is 32.3. The van der Waals surface area contributed by atoms with Gasteiger partial charge in [0.05, 0.1) is 18.0 Å². The molecule has 7 nitrogen and oxygen atoms in total. The molecule has 238 valence electrons.